The zero-order valence-electron chi connectivity index (χ0n) is 11.3. The minimum Gasteiger partial charge on any atom is -0.370 e. The summed E-state index contributed by atoms with van der Waals surface area (Å²) >= 11 is 0. The van der Waals surface area contributed by atoms with E-state index in [0.717, 1.165) is 19.5 Å². The second-order valence-electron chi connectivity index (χ2n) is 4.72. The number of primary amides is 1. The standard InChI is InChI=1S/C12H24N4O2/c1-3-15(4-2)9-5-6-16(8-9)12(18)10(13)7-11(14)17/h9-10H,3-8,13H2,1-2H3,(H2,14,17). The van der Waals surface area contributed by atoms with Gasteiger partial charge < -0.3 is 16.4 Å². The summed E-state index contributed by atoms with van der Waals surface area (Å²) in [5, 5.41) is 0. The van der Waals surface area contributed by atoms with Crippen LogP contribution in [0.25, 0.3) is 0 Å². The maximum Gasteiger partial charge on any atom is 0.240 e. The molecular formula is C12H24N4O2. The summed E-state index contributed by atoms with van der Waals surface area (Å²) in [5.74, 6) is -0.696. The van der Waals surface area contributed by atoms with Gasteiger partial charge in [0.15, 0.2) is 0 Å². The van der Waals surface area contributed by atoms with E-state index >= 15 is 0 Å². The fraction of sp³-hybridized carbons (Fsp3) is 0.833. The largest absolute Gasteiger partial charge is 0.370 e. The molecule has 1 heterocycles. The lowest BCUT2D eigenvalue weighted by molar-refractivity contribution is -0.133. The number of nitrogens with two attached hydrogens (primary N) is 2. The first-order valence-electron chi connectivity index (χ1n) is 6.56. The van der Waals surface area contributed by atoms with Crippen LogP contribution in [-0.4, -0.2) is 59.9 Å². The third kappa shape index (κ3) is 3.68. The molecule has 1 saturated heterocycles. The molecule has 2 unspecified atom stereocenters. The van der Waals surface area contributed by atoms with Crippen molar-refractivity contribution in [1.82, 2.24) is 9.80 Å². The van der Waals surface area contributed by atoms with Crippen molar-refractivity contribution in [3.63, 3.8) is 0 Å². The molecule has 0 aromatic heterocycles. The van der Waals surface area contributed by atoms with E-state index < -0.39 is 11.9 Å². The number of nitrogens with zero attached hydrogens (tertiary/aromatic N) is 2. The number of likely N-dealkylation sites (tertiary alicyclic amines) is 1. The van der Waals surface area contributed by atoms with Crippen LogP contribution in [0.1, 0.15) is 26.7 Å². The average molecular weight is 256 g/mol. The van der Waals surface area contributed by atoms with Crippen LogP contribution >= 0.6 is 0 Å². The fourth-order valence-corrected chi connectivity index (χ4v) is 2.52. The molecule has 18 heavy (non-hydrogen) atoms. The molecule has 0 saturated carbocycles. The van der Waals surface area contributed by atoms with Crippen LogP contribution in [0.15, 0.2) is 0 Å². The molecule has 6 nitrogen and oxygen atoms in total. The van der Waals surface area contributed by atoms with Crippen LogP contribution in [-0.2, 0) is 9.59 Å². The van der Waals surface area contributed by atoms with E-state index in [1.165, 1.54) is 0 Å². The van der Waals surface area contributed by atoms with Crippen molar-refractivity contribution in [1.29, 1.82) is 0 Å². The van der Waals surface area contributed by atoms with Crippen molar-refractivity contribution in [3.8, 4) is 0 Å². The summed E-state index contributed by atoms with van der Waals surface area (Å²) in [6.45, 7) is 7.62. The van der Waals surface area contributed by atoms with Gasteiger partial charge in [-0.1, -0.05) is 13.8 Å². The molecule has 6 heteroatoms. The van der Waals surface area contributed by atoms with Gasteiger partial charge in [-0.15, -0.1) is 0 Å². The first-order valence-corrected chi connectivity index (χ1v) is 6.56. The van der Waals surface area contributed by atoms with E-state index in [4.69, 9.17) is 11.5 Å². The fourth-order valence-electron chi connectivity index (χ4n) is 2.52. The maximum atomic E-state index is 12.0. The number of hydrogen-bond donors (Lipinski definition) is 2. The molecule has 1 rings (SSSR count). The average Bonchev–Trinajstić information content (AvgIpc) is 2.78. The van der Waals surface area contributed by atoms with E-state index in [-0.39, 0.29) is 12.3 Å². The highest BCUT2D eigenvalue weighted by Gasteiger charge is 2.31. The topological polar surface area (TPSA) is 92.7 Å². The normalized spacial score (nSPS) is 21.3. The smallest absolute Gasteiger partial charge is 0.240 e. The lowest BCUT2D eigenvalue weighted by Crippen LogP contribution is -2.46. The summed E-state index contributed by atoms with van der Waals surface area (Å²) in [6, 6.07) is -0.386. The van der Waals surface area contributed by atoms with Crippen molar-refractivity contribution in [2.24, 2.45) is 11.5 Å². The van der Waals surface area contributed by atoms with Gasteiger partial charge >= 0.3 is 0 Å². The first-order chi connectivity index (χ1) is 8.49. The van der Waals surface area contributed by atoms with Gasteiger partial charge in [-0.2, -0.15) is 0 Å². The van der Waals surface area contributed by atoms with Gasteiger partial charge in [-0.25, -0.2) is 0 Å². The minimum atomic E-state index is -0.794. The lowest BCUT2D eigenvalue weighted by atomic mass is 10.2. The molecule has 0 aliphatic carbocycles. The van der Waals surface area contributed by atoms with E-state index in [1.54, 1.807) is 4.90 Å². The molecule has 2 amide bonds. The highest BCUT2D eigenvalue weighted by Crippen LogP contribution is 2.16. The Balaban J connectivity index is 2.50. The van der Waals surface area contributed by atoms with Crippen LogP contribution in [0.3, 0.4) is 0 Å². The highest BCUT2D eigenvalue weighted by molar-refractivity contribution is 5.87. The minimum absolute atomic E-state index is 0.0781. The maximum absolute atomic E-state index is 12.0. The van der Waals surface area contributed by atoms with Crippen molar-refractivity contribution < 1.29 is 9.59 Å². The van der Waals surface area contributed by atoms with Crippen LogP contribution < -0.4 is 11.5 Å². The molecular weight excluding hydrogens is 232 g/mol. The van der Waals surface area contributed by atoms with E-state index in [9.17, 15) is 9.59 Å². The second kappa shape index (κ2) is 6.70. The summed E-state index contributed by atoms with van der Waals surface area (Å²) in [6.07, 6.45) is 0.891. The SMILES string of the molecule is CCN(CC)C1CCN(C(=O)C(N)CC(N)=O)C1. The Labute approximate surface area is 108 Å². The zero-order valence-corrected chi connectivity index (χ0v) is 11.3. The van der Waals surface area contributed by atoms with Crippen molar-refractivity contribution in [2.45, 2.75) is 38.8 Å². The van der Waals surface area contributed by atoms with Gasteiger partial charge in [0, 0.05) is 19.1 Å². The quantitative estimate of drug-likeness (QED) is 0.646. The number of likely N-dealkylation sites (N-methyl/N-ethyl adjacent to an activating group) is 1. The zero-order chi connectivity index (χ0) is 13.7. The predicted octanol–water partition coefficient (Wildman–Crippen LogP) is -0.868. The first kappa shape index (κ1) is 14.9. The monoisotopic (exact) mass is 256 g/mol. The Hall–Kier alpha value is -1.14. The Kier molecular flexibility index (Phi) is 5.55. The van der Waals surface area contributed by atoms with Gasteiger partial charge in [-0.05, 0) is 19.5 Å². The van der Waals surface area contributed by atoms with Crippen LogP contribution in [0.4, 0.5) is 0 Å². The summed E-state index contributed by atoms with van der Waals surface area (Å²) in [5.41, 5.74) is 10.7. The highest BCUT2D eigenvalue weighted by atomic mass is 16.2. The molecule has 2 atom stereocenters. The third-order valence-corrected chi connectivity index (χ3v) is 3.54. The van der Waals surface area contributed by atoms with Crippen molar-refractivity contribution in [2.75, 3.05) is 26.2 Å². The van der Waals surface area contributed by atoms with Crippen molar-refractivity contribution in [3.05, 3.63) is 0 Å². The van der Waals surface area contributed by atoms with Crippen LogP contribution in [0.5, 0.6) is 0 Å². The Morgan fingerprint density at radius 2 is 2.00 bits per heavy atom. The molecule has 4 N–H and O–H groups in total. The van der Waals surface area contributed by atoms with Crippen LogP contribution in [0.2, 0.25) is 0 Å². The molecule has 0 aromatic carbocycles. The van der Waals surface area contributed by atoms with Crippen molar-refractivity contribution >= 4 is 11.8 Å². The van der Waals surface area contributed by atoms with Gasteiger partial charge in [0.2, 0.25) is 11.8 Å². The van der Waals surface area contributed by atoms with Crippen LogP contribution in [0, 0.1) is 0 Å². The van der Waals surface area contributed by atoms with E-state index in [0.29, 0.717) is 19.1 Å². The molecule has 1 aliphatic rings. The number of carbonyl (C=O) groups is 2. The number of carbonyl (C=O) groups excluding carboxylic acids is 2. The van der Waals surface area contributed by atoms with E-state index in [2.05, 4.69) is 18.7 Å². The molecule has 0 spiro atoms. The summed E-state index contributed by atoms with van der Waals surface area (Å²) < 4.78 is 0. The number of amides is 2. The second-order valence-corrected chi connectivity index (χ2v) is 4.72. The molecule has 0 aromatic rings. The molecule has 1 aliphatic heterocycles. The summed E-state index contributed by atoms with van der Waals surface area (Å²) in [7, 11) is 0. The molecule has 1 fully saturated rings. The van der Waals surface area contributed by atoms with Gasteiger partial charge in [0.25, 0.3) is 0 Å². The Morgan fingerprint density at radius 3 is 2.50 bits per heavy atom. The van der Waals surface area contributed by atoms with E-state index in [1.807, 2.05) is 0 Å². The number of rotatable bonds is 6. The third-order valence-electron chi connectivity index (χ3n) is 3.54. The summed E-state index contributed by atoms with van der Waals surface area (Å²) in [4.78, 5) is 26.8. The Bertz CT molecular complexity index is 304. The molecule has 104 valence electrons. The molecule has 0 radical (unpaired) electrons. The lowest BCUT2D eigenvalue weighted by Gasteiger charge is -2.26. The Morgan fingerprint density at radius 1 is 1.39 bits per heavy atom. The van der Waals surface area contributed by atoms with Gasteiger partial charge in [-0.3, -0.25) is 14.5 Å². The predicted molar refractivity (Wildman–Crippen MR) is 69.7 cm³/mol. The molecule has 0 bridgehead atoms. The van der Waals surface area contributed by atoms with Gasteiger partial charge in [0.05, 0.1) is 12.5 Å². The number of hydrogen-bond acceptors (Lipinski definition) is 4. The van der Waals surface area contributed by atoms with Gasteiger partial charge in [0.1, 0.15) is 0 Å².